The summed E-state index contributed by atoms with van der Waals surface area (Å²) in [4.78, 5) is 24.1. The van der Waals surface area contributed by atoms with Crippen LogP contribution in [0.25, 0.3) is 11.2 Å². The number of fused-ring (bicyclic) bond motifs is 1. The van der Waals surface area contributed by atoms with Gasteiger partial charge in [0, 0.05) is 14.1 Å². The third-order valence-corrected chi connectivity index (χ3v) is 3.20. The van der Waals surface area contributed by atoms with Gasteiger partial charge in [0.05, 0.1) is 13.6 Å². The normalized spacial score (nSPS) is 11.3. The minimum atomic E-state index is -0.315. The first kappa shape index (κ1) is 12.6. The number of aromatic nitrogens is 4. The Kier molecular flexibility index (Phi) is 3.11. The van der Waals surface area contributed by atoms with Crippen LogP contribution in [0.4, 0.5) is 0 Å². The van der Waals surface area contributed by atoms with Gasteiger partial charge in [0.15, 0.2) is 0 Å². The average Bonchev–Trinajstić information content (AvgIpc) is 2.68. The molecule has 0 aliphatic carbocycles. The van der Waals surface area contributed by atoms with Gasteiger partial charge >= 0.3 is 5.69 Å². The zero-order valence-corrected chi connectivity index (χ0v) is 11.2. The number of hydrogen-bond acceptors (Lipinski definition) is 2. The lowest BCUT2D eigenvalue weighted by Crippen LogP contribution is -2.43. The molecular weight excluding hydrogens is 232 g/mol. The standard InChI is InChI=1S/C12H18N4O2/c1-5-6-7-16-8-13(2)10-9(16)11(17)15(4)12(18)14(10)3/h5-7H2,1-4H3. The molecule has 98 valence electrons. The monoisotopic (exact) mass is 250 g/mol. The molecule has 0 atom stereocenters. The van der Waals surface area contributed by atoms with E-state index in [4.69, 9.17) is 0 Å². The number of nitrogens with zero attached hydrogens (tertiary/aromatic N) is 4. The van der Waals surface area contributed by atoms with Crippen molar-refractivity contribution in [3.8, 4) is 0 Å². The Morgan fingerprint density at radius 2 is 1.83 bits per heavy atom. The summed E-state index contributed by atoms with van der Waals surface area (Å²) in [6.45, 7) is 2.83. The Labute approximate surface area is 105 Å². The van der Waals surface area contributed by atoms with Crippen LogP contribution in [-0.4, -0.2) is 13.7 Å². The maximum Gasteiger partial charge on any atom is 0.321 e. The summed E-state index contributed by atoms with van der Waals surface area (Å²) < 4.78 is 6.13. The van der Waals surface area contributed by atoms with Crippen LogP contribution in [0.5, 0.6) is 0 Å². The van der Waals surface area contributed by atoms with E-state index in [9.17, 15) is 9.59 Å². The first-order chi connectivity index (χ1) is 8.49. The van der Waals surface area contributed by atoms with E-state index >= 15 is 0 Å². The molecule has 0 radical (unpaired) electrons. The second kappa shape index (κ2) is 4.44. The van der Waals surface area contributed by atoms with Crippen molar-refractivity contribution in [2.24, 2.45) is 21.1 Å². The predicted molar refractivity (Wildman–Crippen MR) is 67.3 cm³/mol. The highest BCUT2D eigenvalue weighted by molar-refractivity contribution is 5.65. The molecule has 0 spiro atoms. The molecule has 0 saturated carbocycles. The first-order valence-electron chi connectivity index (χ1n) is 6.06. The van der Waals surface area contributed by atoms with Gasteiger partial charge in [-0.1, -0.05) is 13.3 Å². The predicted octanol–water partition coefficient (Wildman–Crippen LogP) is -0.537. The van der Waals surface area contributed by atoms with E-state index in [-0.39, 0.29) is 11.2 Å². The van der Waals surface area contributed by atoms with Gasteiger partial charge in [-0.2, -0.15) is 0 Å². The first-order valence-corrected chi connectivity index (χ1v) is 6.06. The third kappa shape index (κ3) is 1.68. The molecule has 0 unspecified atom stereocenters. The Morgan fingerprint density at radius 1 is 1.17 bits per heavy atom. The highest BCUT2D eigenvalue weighted by Gasteiger charge is 2.13. The van der Waals surface area contributed by atoms with Gasteiger partial charge in [-0.15, -0.1) is 0 Å². The molecule has 18 heavy (non-hydrogen) atoms. The van der Waals surface area contributed by atoms with Crippen molar-refractivity contribution < 1.29 is 4.57 Å². The average molecular weight is 250 g/mol. The van der Waals surface area contributed by atoms with Crippen LogP contribution in [0.15, 0.2) is 9.59 Å². The molecule has 0 aliphatic heterocycles. The van der Waals surface area contributed by atoms with E-state index in [1.54, 1.807) is 23.2 Å². The Morgan fingerprint density at radius 3 is 2.44 bits per heavy atom. The second-order valence-corrected chi connectivity index (χ2v) is 4.54. The lowest BCUT2D eigenvalue weighted by molar-refractivity contribution is -0.677. The molecule has 6 nitrogen and oxygen atoms in total. The highest BCUT2D eigenvalue weighted by Crippen LogP contribution is 2.02. The summed E-state index contributed by atoms with van der Waals surface area (Å²) in [7, 11) is 4.97. The summed E-state index contributed by atoms with van der Waals surface area (Å²) in [5.74, 6) is 0. The highest BCUT2D eigenvalue weighted by atomic mass is 16.2. The topological polar surface area (TPSA) is 52.8 Å². The molecule has 0 N–H and O–H groups in total. The van der Waals surface area contributed by atoms with Gasteiger partial charge in [-0.3, -0.25) is 9.36 Å². The zero-order chi connectivity index (χ0) is 13.4. The van der Waals surface area contributed by atoms with Crippen LogP contribution >= 0.6 is 0 Å². The van der Waals surface area contributed by atoms with Gasteiger partial charge in [0.2, 0.25) is 11.9 Å². The van der Waals surface area contributed by atoms with Crippen LogP contribution in [0.3, 0.4) is 0 Å². The Balaban J connectivity index is 2.86. The van der Waals surface area contributed by atoms with Crippen LogP contribution < -0.4 is 15.8 Å². The molecule has 0 aromatic carbocycles. The largest absolute Gasteiger partial charge is 0.338 e. The van der Waals surface area contributed by atoms with Crippen molar-refractivity contribution in [1.29, 1.82) is 0 Å². The van der Waals surface area contributed by atoms with Crippen molar-refractivity contribution in [2.45, 2.75) is 26.3 Å². The molecule has 0 fully saturated rings. The van der Waals surface area contributed by atoms with E-state index in [2.05, 4.69) is 13.3 Å². The van der Waals surface area contributed by atoms with Gasteiger partial charge in [0.25, 0.3) is 0 Å². The molecule has 2 aromatic heterocycles. The molecule has 0 aliphatic rings. The van der Waals surface area contributed by atoms with Crippen molar-refractivity contribution in [1.82, 2.24) is 13.7 Å². The summed E-state index contributed by atoms with van der Waals surface area (Å²) in [5, 5.41) is 0. The number of hydrogen-bond donors (Lipinski definition) is 0. The number of imidazole rings is 1. The van der Waals surface area contributed by atoms with Gasteiger partial charge in [-0.05, 0) is 6.42 Å². The lowest BCUT2D eigenvalue weighted by atomic mass is 10.3. The smallest absolute Gasteiger partial charge is 0.321 e. The van der Waals surface area contributed by atoms with Crippen LogP contribution in [-0.2, 0) is 27.7 Å². The number of aryl methyl sites for hydroxylation is 3. The molecular formula is C12H18N4O2. The Hall–Kier alpha value is -1.85. The molecule has 2 aromatic rings. The van der Waals surface area contributed by atoms with Gasteiger partial charge in [0.1, 0.15) is 11.2 Å². The molecule has 0 amide bonds. The summed E-state index contributed by atoms with van der Waals surface area (Å²) in [6, 6.07) is 0. The van der Waals surface area contributed by atoms with E-state index in [0.717, 1.165) is 24.0 Å². The van der Waals surface area contributed by atoms with E-state index in [0.29, 0.717) is 11.2 Å². The van der Waals surface area contributed by atoms with Crippen LogP contribution in [0.2, 0.25) is 0 Å². The molecule has 2 heterocycles. The third-order valence-electron chi connectivity index (χ3n) is 3.20. The molecule has 6 heteroatoms. The minimum Gasteiger partial charge on any atom is -0.338 e. The van der Waals surface area contributed by atoms with Crippen LogP contribution in [0, 0.1) is 6.33 Å². The fourth-order valence-corrected chi connectivity index (χ4v) is 2.19. The second-order valence-electron chi connectivity index (χ2n) is 4.54. The van der Waals surface area contributed by atoms with E-state index < -0.39 is 0 Å². The van der Waals surface area contributed by atoms with Crippen molar-refractivity contribution in [3.63, 3.8) is 0 Å². The van der Waals surface area contributed by atoms with Crippen molar-refractivity contribution in [3.05, 3.63) is 27.2 Å². The number of rotatable bonds is 3. The fourth-order valence-electron chi connectivity index (χ4n) is 2.19. The molecule has 0 saturated heterocycles. The molecule has 2 rings (SSSR count). The summed E-state index contributed by atoms with van der Waals surface area (Å²) >= 11 is 0. The summed E-state index contributed by atoms with van der Waals surface area (Å²) in [5.41, 5.74) is 0.570. The van der Waals surface area contributed by atoms with Crippen LogP contribution in [0.1, 0.15) is 19.8 Å². The minimum absolute atomic E-state index is 0.263. The van der Waals surface area contributed by atoms with Gasteiger partial charge in [-0.25, -0.2) is 4.79 Å². The van der Waals surface area contributed by atoms with E-state index in [1.807, 2.05) is 0 Å². The zero-order valence-electron chi connectivity index (χ0n) is 11.2. The van der Waals surface area contributed by atoms with Gasteiger partial charge < -0.3 is 13.7 Å². The SMILES string of the molecule is CCCC[n+]1[c-]n(C)c2c1c(=O)n(C)c(=O)n2C. The maximum absolute atomic E-state index is 12.2. The quantitative estimate of drug-likeness (QED) is 0.543. The fraction of sp³-hybridized carbons (Fsp3) is 0.583. The molecule has 0 bridgehead atoms. The van der Waals surface area contributed by atoms with Crippen molar-refractivity contribution >= 4 is 11.2 Å². The maximum atomic E-state index is 12.2. The van der Waals surface area contributed by atoms with E-state index in [1.165, 1.54) is 11.6 Å². The summed E-state index contributed by atoms with van der Waals surface area (Å²) in [6.07, 6.45) is 5.11. The van der Waals surface area contributed by atoms with Crippen molar-refractivity contribution in [2.75, 3.05) is 0 Å². The Bertz CT molecular complexity index is 705. The number of unbranched alkanes of at least 4 members (excludes halogenated alkanes) is 1. The lowest BCUT2D eigenvalue weighted by Gasteiger charge is -2.09.